The zero-order valence-corrected chi connectivity index (χ0v) is 11.5. The monoisotopic (exact) mass is 283 g/mol. The summed E-state index contributed by atoms with van der Waals surface area (Å²) in [7, 11) is -3.87. The van der Waals surface area contributed by atoms with E-state index in [4.69, 9.17) is 5.73 Å². The number of aryl methyl sites for hydroxylation is 1. The molecule has 0 radical (unpaired) electrons. The molecule has 19 heavy (non-hydrogen) atoms. The van der Waals surface area contributed by atoms with E-state index in [1.54, 1.807) is 6.07 Å². The fourth-order valence-corrected chi connectivity index (χ4v) is 2.64. The van der Waals surface area contributed by atoms with Crippen LogP contribution in [0.5, 0.6) is 0 Å². The Balaban J connectivity index is 2.13. The largest absolute Gasteiger partial charge is 0.398 e. The standard InChI is InChI=1S/C12H17N3O3S/c1-2-8-3-6-10(7-11(8)13)19(17,18)15-12(16)14-9-4-5-9/h3,6-7,9H,2,4-5,13H2,1H3,(H2,14,15,16). The van der Waals surface area contributed by atoms with Crippen LogP contribution in [0.15, 0.2) is 23.1 Å². The molecule has 1 fully saturated rings. The number of urea groups is 1. The Morgan fingerprint density at radius 1 is 1.42 bits per heavy atom. The van der Waals surface area contributed by atoms with Crippen LogP contribution in [0.1, 0.15) is 25.3 Å². The fraction of sp³-hybridized carbons (Fsp3) is 0.417. The van der Waals surface area contributed by atoms with Crippen molar-refractivity contribution in [1.82, 2.24) is 10.0 Å². The van der Waals surface area contributed by atoms with Gasteiger partial charge in [-0.05, 0) is 37.0 Å². The van der Waals surface area contributed by atoms with E-state index < -0.39 is 16.1 Å². The van der Waals surface area contributed by atoms with Crippen LogP contribution in [-0.2, 0) is 16.4 Å². The lowest BCUT2D eigenvalue weighted by Gasteiger charge is -2.10. The number of hydrogen-bond donors (Lipinski definition) is 3. The van der Waals surface area contributed by atoms with Gasteiger partial charge in [0.1, 0.15) is 0 Å². The van der Waals surface area contributed by atoms with Crippen LogP contribution >= 0.6 is 0 Å². The molecule has 0 spiro atoms. The second-order valence-corrected chi connectivity index (χ2v) is 6.25. The maximum atomic E-state index is 12.0. The number of nitrogen functional groups attached to an aromatic ring is 1. The smallest absolute Gasteiger partial charge is 0.328 e. The molecule has 1 aliphatic rings. The molecular formula is C12H17N3O3S. The van der Waals surface area contributed by atoms with Crippen LogP contribution in [0.4, 0.5) is 10.5 Å². The number of nitrogens with two attached hydrogens (primary N) is 1. The third-order valence-corrected chi connectivity index (χ3v) is 4.28. The summed E-state index contributed by atoms with van der Waals surface area (Å²) in [5, 5.41) is 2.56. The second kappa shape index (κ2) is 5.08. The number of carbonyl (C=O) groups is 1. The topological polar surface area (TPSA) is 101 Å². The van der Waals surface area contributed by atoms with Crippen LogP contribution in [0.2, 0.25) is 0 Å². The normalized spacial score (nSPS) is 15.0. The minimum atomic E-state index is -3.87. The average Bonchev–Trinajstić information content (AvgIpc) is 3.11. The summed E-state index contributed by atoms with van der Waals surface area (Å²) < 4.78 is 25.9. The van der Waals surface area contributed by atoms with Crippen molar-refractivity contribution in [2.24, 2.45) is 0 Å². The van der Waals surface area contributed by atoms with Gasteiger partial charge < -0.3 is 11.1 Å². The van der Waals surface area contributed by atoms with E-state index >= 15 is 0 Å². The number of rotatable bonds is 4. The molecule has 1 aromatic rings. The first kappa shape index (κ1) is 13.7. The summed E-state index contributed by atoms with van der Waals surface area (Å²) in [4.78, 5) is 11.5. The van der Waals surface area contributed by atoms with Gasteiger partial charge in [0.2, 0.25) is 0 Å². The molecule has 0 heterocycles. The summed E-state index contributed by atoms with van der Waals surface area (Å²) in [5.41, 5.74) is 7.04. The second-order valence-electron chi connectivity index (χ2n) is 4.57. The van der Waals surface area contributed by atoms with E-state index in [2.05, 4.69) is 5.32 Å². The van der Waals surface area contributed by atoms with Crippen molar-refractivity contribution in [3.8, 4) is 0 Å². The zero-order valence-electron chi connectivity index (χ0n) is 10.6. The lowest BCUT2D eigenvalue weighted by Crippen LogP contribution is -2.40. The van der Waals surface area contributed by atoms with E-state index in [1.807, 2.05) is 11.6 Å². The van der Waals surface area contributed by atoms with Crippen molar-refractivity contribution < 1.29 is 13.2 Å². The number of benzene rings is 1. The van der Waals surface area contributed by atoms with Gasteiger partial charge in [0.15, 0.2) is 0 Å². The summed E-state index contributed by atoms with van der Waals surface area (Å²) in [6, 6.07) is 3.87. The molecule has 1 aliphatic carbocycles. The highest BCUT2D eigenvalue weighted by Crippen LogP contribution is 2.20. The quantitative estimate of drug-likeness (QED) is 0.717. The number of amides is 2. The van der Waals surface area contributed by atoms with E-state index in [1.165, 1.54) is 12.1 Å². The third-order valence-electron chi connectivity index (χ3n) is 2.95. The Labute approximate surface area is 112 Å². The highest BCUT2D eigenvalue weighted by atomic mass is 32.2. The molecule has 2 rings (SSSR count). The van der Waals surface area contributed by atoms with Gasteiger partial charge in [0.25, 0.3) is 10.0 Å². The highest BCUT2D eigenvalue weighted by molar-refractivity contribution is 7.90. The minimum Gasteiger partial charge on any atom is -0.398 e. The maximum absolute atomic E-state index is 12.0. The summed E-state index contributed by atoms with van der Waals surface area (Å²) in [6.07, 6.45) is 2.51. The van der Waals surface area contributed by atoms with Gasteiger partial charge in [-0.1, -0.05) is 13.0 Å². The average molecular weight is 283 g/mol. The molecule has 7 heteroatoms. The molecule has 2 amide bonds. The van der Waals surface area contributed by atoms with Crippen molar-refractivity contribution in [2.75, 3.05) is 5.73 Å². The minimum absolute atomic E-state index is 0.00635. The Bertz CT molecular complexity index is 594. The lowest BCUT2D eigenvalue weighted by atomic mass is 10.1. The van der Waals surface area contributed by atoms with E-state index in [-0.39, 0.29) is 10.9 Å². The summed E-state index contributed by atoms with van der Waals surface area (Å²) >= 11 is 0. The van der Waals surface area contributed by atoms with Gasteiger partial charge in [-0.2, -0.15) is 0 Å². The number of hydrogen-bond acceptors (Lipinski definition) is 4. The first-order valence-electron chi connectivity index (χ1n) is 6.14. The van der Waals surface area contributed by atoms with Gasteiger partial charge in [-0.25, -0.2) is 17.9 Å². The molecule has 0 unspecified atom stereocenters. The highest BCUT2D eigenvalue weighted by Gasteiger charge is 2.26. The van der Waals surface area contributed by atoms with Crippen molar-refractivity contribution in [3.05, 3.63) is 23.8 Å². The van der Waals surface area contributed by atoms with E-state index in [0.29, 0.717) is 5.69 Å². The number of sulfonamides is 1. The third kappa shape index (κ3) is 3.37. The first-order chi connectivity index (χ1) is 8.92. The molecule has 0 bridgehead atoms. The van der Waals surface area contributed by atoms with Gasteiger partial charge in [0.05, 0.1) is 4.90 Å². The summed E-state index contributed by atoms with van der Waals surface area (Å²) in [6.45, 7) is 1.93. The number of carbonyl (C=O) groups excluding carboxylic acids is 1. The van der Waals surface area contributed by atoms with Crippen molar-refractivity contribution in [3.63, 3.8) is 0 Å². The molecule has 6 nitrogen and oxygen atoms in total. The van der Waals surface area contributed by atoms with Crippen LogP contribution in [0, 0.1) is 0 Å². The van der Waals surface area contributed by atoms with Gasteiger partial charge in [-0.3, -0.25) is 0 Å². The Morgan fingerprint density at radius 2 is 2.11 bits per heavy atom. The van der Waals surface area contributed by atoms with Gasteiger partial charge in [0, 0.05) is 11.7 Å². The van der Waals surface area contributed by atoms with Crippen LogP contribution in [0.3, 0.4) is 0 Å². The maximum Gasteiger partial charge on any atom is 0.328 e. The van der Waals surface area contributed by atoms with Crippen molar-refractivity contribution >= 4 is 21.7 Å². The molecule has 104 valence electrons. The molecule has 0 aromatic heterocycles. The zero-order chi connectivity index (χ0) is 14.0. The molecule has 1 aromatic carbocycles. The number of nitrogens with one attached hydrogen (secondary N) is 2. The predicted molar refractivity (Wildman–Crippen MR) is 72.1 cm³/mol. The molecule has 0 saturated heterocycles. The first-order valence-corrected chi connectivity index (χ1v) is 7.62. The van der Waals surface area contributed by atoms with E-state index in [9.17, 15) is 13.2 Å². The Morgan fingerprint density at radius 3 is 2.63 bits per heavy atom. The molecule has 0 atom stereocenters. The van der Waals surface area contributed by atoms with Crippen LogP contribution in [0.25, 0.3) is 0 Å². The number of anilines is 1. The van der Waals surface area contributed by atoms with Crippen LogP contribution < -0.4 is 15.8 Å². The molecule has 4 N–H and O–H groups in total. The van der Waals surface area contributed by atoms with Crippen molar-refractivity contribution in [1.29, 1.82) is 0 Å². The molecular weight excluding hydrogens is 266 g/mol. The Hall–Kier alpha value is -1.76. The van der Waals surface area contributed by atoms with E-state index in [0.717, 1.165) is 24.8 Å². The lowest BCUT2D eigenvalue weighted by molar-refractivity contribution is 0.245. The molecule has 0 aliphatic heterocycles. The fourth-order valence-electron chi connectivity index (χ4n) is 1.69. The Kier molecular flexibility index (Phi) is 3.66. The van der Waals surface area contributed by atoms with Gasteiger partial charge >= 0.3 is 6.03 Å². The van der Waals surface area contributed by atoms with Gasteiger partial charge in [-0.15, -0.1) is 0 Å². The van der Waals surface area contributed by atoms with Crippen molar-refractivity contribution in [2.45, 2.75) is 37.1 Å². The van der Waals surface area contributed by atoms with Crippen LogP contribution in [-0.4, -0.2) is 20.5 Å². The predicted octanol–water partition coefficient (Wildman–Crippen LogP) is 0.982. The summed E-state index contributed by atoms with van der Waals surface area (Å²) in [5.74, 6) is 0. The molecule has 1 saturated carbocycles. The SMILES string of the molecule is CCc1ccc(S(=O)(=O)NC(=O)NC2CC2)cc1N.